The number of unbranched alkanes of at least 4 members (excludes halogenated alkanes) is 31. The highest BCUT2D eigenvalue weighted by molar-refractivity contribution is 5.77. The molecule has 0 aromatic rings. The second-order valence-electron chi connectivity index (χ2n) is 17.9. The summed E-state index contributed by atoms with van der Waals surface area (Å²) in [6.45, 7) is 6.47. The first-order chi connectivity index (χ1) is 29.0. The zero-order chi connectivity index (χ0) is 43.1. The van der Waals surface area contributed by atoms with E-state index in [1.807, 2.05) is 0 Å². The molecule has 6 nitrogen and oxygen atoms in total. The van der Waals surface area contributed by atoms with Gasteiger partial charge in [-0.1, -0.05) is 218 Å². The number of hydrogen-bond acceptors (Lipinski definition) is 5. The molecular formula is C53H101NO5. The van der Waals surface area contributed by atoms with Crippen LogP contribution in [0.1, 0.15) is 278 Å². The lowest BCUT2D eigenvalue weighted by Crippen LogP contribution is -2.46. The second kappa shape index (κ2) is 47.4. The molecule has 0 fully saturated rings. The summed E-state index contributed by atoms with van der Waals surface area (Å²) in [5.41, 5.74) is 0. The van der Waals surface area contributed by atoms with E-state index < -0.39 is 18.2 Å². The Balaban J connectivity index is 4.54. The predicted molar refractivity (Wildman–Crippen MR) is 255 cm³/mol. The van der Waals surface area contributed by atoms with Crippen LogP contribution in [0.2, 0.25) is 0 Å². The summed E-state index contributed by atoms with van der Waals surface area (Å²) in [4.78, 5) is 26.1. The molecule has 1 amide bonds. The van der Waals surface area contributed by atoms with E-state index in [1.54, 1.807) is 0 Å². The lowest BCUT2D eigenvalue weighted by Gasteiger charge is -2.24. The van der Waals surface area contributed by atoms with Crippen LogP contribution in [-0.2, 0) is 14.3 Å². The fraction of sp³-hybridized carbons (Fsp3) is 0.887. The highest BCUT2D eigenvalue weighted by Gasteiger charge is 2.24. The van der Waals surface area contributed by atoms with Crippen molar-refractivity contribution >= 4 is 11.9 Å². The van der Waals surface area contributed by atoms with Gasteiger partial charge in [-0.15, -0.1) is 0 Å². The van der Waals surface area contributed by atoms with Crippen molar-refractivity contribution in [1.82, 2.24) is 5.32 Å². The van der Waals surface area contributed by atoms with Gasteiger partial charge in [-0.05, 0) is 70.6 Å². The van der Waals surface area contributed by atoms with Crippen LogP contribution in [0.25, 0.3) is 0 Å². The topological polar surface area (TPSA) is 95.9 Å². The maximum absolute atomic E-state index is 13.2. The first-order valence-electron chi connectivity index (χ1n) is 26.1. The fourth-order valence-corrected chi connectivity index (χ4v) is 8.01. The lowest BCUT2D eigenvalue weighted by molar-refractivity contribution is -0.151. The number of rotatable bonds is 47. The zero-order valence-electron chi connectivity index (χ0n) is 39.7. The molecule has 0 bridgehead atoms. The normalized spacial score (nSPS) is 13.4. The summed E-state index contributed by atoms with van der Waals surface area (Å²) in [6, 6.07) is -0.706. The van der Waals surface area contributed by atoms with Crippen molar-refractivity contribution in [3.63, 3.8) is 0 Å². The maximum Gasteiger partial charge on any atom is 0.306 e. The number of carbonyl (C=O) groups excluding carboxylic acids is 2. The Morgan fingerprint density at radius 2 is 0.831 bits per heavy atom. The third-order valence-corrected chi connectivity index (χ3v) is 12.0. The predicted octanol–water partition coefficient (Wildman–Crippen LogP) is 15.5. The van der Waals surface area contributed by atoms with Gasteiger partial charge in [0, 0.05) is 6.42 Å². The molecule has 0 aliphatic heterocycles. The number of aliphatic hydroxyl groups is 2. The lowest BCUT2D eigenvalue weighted by atomic mass is 10.0. The first-order valence-corrected chi connectivity index (χ1v) is 26.1. The standard InChI is InChI=1S/C53H101NO5/c1-4-7-10-13-16-19-22-24-25-26-27-28-31-34-37-40-43-46-53(58)59-49(44-41-38-35-32-30-23-20-17-14-11-8-5-2)47-52(57)54-50(48-55)51(56)45-42-39-36-33-29-21-18-15-12-9-6-3/h24-25,32,35,49-51,55-56H,4-23,26-31,33-34,36-48H2,1-3H3,(H,54,57)/b25-24+,35-32-. The van der Waals surface area contributed by atoms with E-state index in [2.05, 4.69) is 50.4 Å². The zero-order valence-corrected chi connectivity index (χ0v) is 39.7. The van der Waals surface area contributed by atoms with Crippen molar-refractivity contribution in [1.29, 1.82) is 0 Å². The Bertz CT molecular complexity index is 935. The Morgan fingerprint density at radius 3 is 1.24 bits per heavy atom. The fourth-order valence-electron chi connectivity index (χ4n) is 8.01. The van der Waals surface area contributed by atoms with Crippen LogP contribution in [0.15, 0.2) is 24.3 Å². The molecule has 0 saturated carbocycles. The van der Waals surface area contributed by atoms with E-state index >= 15 is 0 Å². The van der Waals surface area contributed by atoms with Gasteiger partial charge in [0.25, 0.3) is 0 Å². The van der Waals surface area contributed by atoms with Crippen molar-refractivity contribution in [3.8, 4) is 0 Å². The SMILES string of the molecule is CCCCCCCC/C=C/CCCCCCCCCC(=O)OC(CCC/C=C\CCCCCCCCC)CC(=O)NC(CO)C(O)CCCCCCCCCCCCC. The number of hydrogen-bond donors (Lipinski definition) is 3. The third-order valence-electron chi connectivity index (χ3n) is 12.0. The van der Waals surface area contributed by atoms with Crippen molar-refractivity contribution < 1.29 is 24.5 Å². The summed E-state index contributed by atoms with van der Waals surface area (Å²) in [5, 5.41) is 23.7. The van der Waals surface area contributed by atoms with Crippen LogP contribution in [0.5, 0.6) is 0 Å². The Labute approximate surface area is 367 Å². The van der Waals surface area contributed by atoms with Gasteiger partial charge in [0.1, 0.15) is 6.10 Å². The summed E-state index contributed by atoms with van der Waals surface area (Å²) in [7, 11) is 0. The quantitative estimate of drug-likeness (QED) is 0.0322. The van der Waals surface area contributed by atoms with E-state index in [9.17, 15) is 19.8 Å². The van der Waals surface area contributed by atoms with Crippen molar-refractivity contribution in [2.45, 2.75) is 296 Å². The Morgan fingerprint density at radius 1 is 0.475 bits per heavy atom. The highest BCUT2D eigenvalue weighted by Crippen LogP contribution is 2.17. The smallest absolute Gasteiger partial charge is 0.306 e. The van der Waals surface area contributed by atoms with E-state index in [0.717, 1.165) is 57.8 Å². The van der Waals surface area contributed by atoms with Crippen LogP contribution < -0.4 is 5.32 Å². The average molecular weight is 832 g/mol. The van der Waals surface area contributed by atoms with Crippen molar-refractivity contribution in [2.75, 3.05) is 6.61 Å². The molecule has 0 aromatic carbocycles. The number of carbonyl (C=O) groups is 2. The number of nitrogens with one attached hydrogen (secondary N) is 1. The molecule has 0 aliphatic carbocycles. The van der Waals surface area contributed by atoms with Gasteiger partial charge < -0.3 is 20.3 Å². The molecule has 0 aromatic heterocycles. The average Bonchev–Trinajstić information content (AvgIpc) is 3.23. The van der Waals surface area contributed by atoms with Crippen molar-refractivity contribution in [2.24, 2.45) is 0 Å². The van der Waals surface area contributed by atoms with Crippen LogP contribution in [-0.4, -0.2) is 46.9 Å². The minimum absolute atomic E-state index is 0.0589. The van der Waals surface area contributed by atoms with Crippen molar-refractivity contribution in [3.05, 3.63) is 24.3 Å². The molecule has 0 spiro atoms. The van der Waals surface area contributed by atoms with Gasteiger partial charge in [0.15, 0.2) is 0 Å². The minimum atomic E-state index is -0.790. The number of ether oxygens (including phenoxy) is 1. The van der Waals surface area contributed by atoms with Crippen LogP contribution >= 0.6 is 0 Å². The van der Waals surface area contributed by atoms with E-state index in [1.165, 1.54) is 173 Å². The molecule has 6 heteroatoms. The highest BCUT2D eigenvalue weighted by atomic mass is 16.5. The molecule has 0 saturated heterocycles. The molecule has 3 N–H and O–H groups in total. The van der Waals surface area contributed by atoms with Gasteiger partial charge in [-0.2, -0.15) is 0 Å². The molecule has 3 unspecified atom stereocenters. The third kappa shape index (κ3) is 42.8. The largest absolute Gasteiger partial charge is 0.462 e. The van der Waals surface area contributed by atoms with Gasteiger partial charge >= 0.3 is 5.97 Å². The molecule has 3 atom stereocenters. The first kappa shape index (κ1) is 57.3. The molecular weight excluding hydrogens is 731 g/mol. The molecule has 0 radical (unpaired) electrons. The number of allylic oxidation sites excluding steroid dienone is 4. The second-order valence-corrected chi connectivity index (χ2v) is 17.9. The Hall–Kier alpha value is -1.66. The van der Waals surface area contributed by atoms with E-state index in [0.29, 0.717) is 19.3 Å². The molecule has 348 valence electrons. The summed E-state index contributed by atoms with van der Waals surface area (Å²) in [6.07, 6.45) is 53.8. The van der Waals surface area contributed by atoms with Crippen LogP contribution in [0.3, 0.4) is 0 Å². The minimum Gasteiger partial charge on any atom is -0.462 e. The monoisotopic (exact) mass is 832 g/mol. The molecule has 0 aliphatic rings. The van der Waals surface area contributed by atoms with E-state index in [-0.39, 0.29) is 24.9 Å². The van der Waals surface area contributed by atoms with Gasteiger partial charge in [0.2, 0.25) is 5.91 Å². The maximum atomic E-state index is 13.2. The summed E-state index contributed by atoms with van der Waals surface area (Å²) < 4.78 is 5.91. The molecule has 0 heterocycles. The number of amides is 1. The number of aliphatic hydroxyl groups excluding tert-OH is 2. The van der Waals surface area contributed by atoms with Gasteiger partial charge in [0.05, 0.1) is 25.2 Å². The Kier molecular flexibility index (Phi) is 46.1. The number of esters is 1. The van der Waals surface area contributed by atoms with Crippen LogP contribution in [0.4, 0.5) is 0 Å². The molecule has 0 rings (SSSR count). The van der Waals surface area contributed by atoms with Gasteiger partial charge in [-0.25, -0.2) is 0 Å². The summed E-state index contributed by atoms with van der Waals surface area (Å²) >= 11 is 0. The van der Waals surface area contributed by atoms with Gasteiger partial charge in [-0.3, -0.25) is 9.59 Å². The summed E-state index contributed by atoms with van der Waals surface area (Å²) in [5.74, 6) is -0.497. The molecule has 59 heavy (non-hydrogen) atoms. The van der Waals surface area contributed by atoms with Crippen LogP contribution in [0, 0.1) is 0 Å². The van der Waals surface area contributed by atoms with E-state index in [4.69, 9.17) is 4.74 Å².